The number of benzene rings is 1. The Kier molecular flexibility index (Phi) is 5.94. The summed E-state index contributed by atoms with van der Waals surface area (Å²) in [6.45, 7) is 5.29. The first-order valence-corrected chi connectivity index (χ1v) is 8.74. The monoisotopic (exact) mass is 308 g/mol. The van der Waals surface area contributed by atoms with Crippen molar-refractivity contribution in [1.82, 2.24) is 4.90 Å². The second-order valence-corrected chi connectivity index (χ2v) is 6.36. The van der Waals surface area contributed by atoms with E-state index in [0.717, 1.165) is 30.2 Å². The maximum absolute atomic E-state index is 11.5. The van der Waals surface area contributed by atoms with Gasteiger partial charge in [-0.2, -0.15) is 0 Å². The molecule has 2 rings (SSSR count). The van der Waals surface area contributed by atoms with Gasteiger partial charge in [0.05, 0.1) is 5.56 Å². The van der Waals surface area contributed by atoms with Crippen LogP contribution in [0.2, 0.25) is 0 Å². The summed E-state index contributed by atoms with van der Waals surface area (Å²) in [5.41, 5.74) is 1.11. The number of piperidine rings is 1. The molecule has 116 valence electrons. The minimum atomic E-state index is -0.868. The quantitative estimate of drug-likeness (QED) is 0.789. The van der Waals surface area contributed by atoms with Crippen LogP contribution in [0, 0.1) is 0 Å². The summed E-state index contributed by atoms with van der Waals surface area (Å²) < 4.78 is 0. The first-order chi connectivity index (χ1) is 10.1. The third-order valence-corrected chi connectivity index (χ3v) is 4.84. The zero-order chi connectivity index (χ0) is 15.2. The van der Waals surface area contributed by atoms with Crippen molar-refractivity contribution < 1.29 is 9.90 Å². The normalized spacial score (nSPS) is 17.4. The number of carbonyl (C=O) groups is 1. The maximum Gasteiger partial charge on any atom is 0.338 e. The molecule has 1 fully saturated rings. The van der Waals surface area contributed by atoms with Gasteiger partial charge in [0.15, 0.2) is 0 Å². The number of hydrogen-bond acceptors (Lipinski definition) is 4. The lowest BCUT2D eigenvalue weighted by Gasteiger charge is -2.32. The van der Waals surface area contributed by atoms with E-state index in [0.29, 0.717) is 11.6 Å². The molecule has 21 heavy (non-hydrogen) atoms. The second-order valence-electron chi connectivity index (χ2n) is 5.51. The van der Waals surface area contributed by atoms with Crippen LogP contribution in [0.15, 0.2) is 23.1 Å². The average molecular weight is 308 g/mol. The van der Waals surface area contributed by atoms with Crippen molar-refractivity contribution >= 4 is 23.4 Å². The zero-order valence-electron chi connectivity index (χ0n) is 12.8. The number of nitrogens with one attached hydrogen (secondary N) is 1. The van der Waals surface area contributed by atoms with E-state index in [4.69, 9.17) is 0 Å². The van der Waals surface area contributed by atoms with Gasteiger partial charge in [0, 0.05) is 23.2 Å². The molecule has 0 saturated carbocycles. The molecule has 1 aliphatic heterocycles. The Hall–Kier alpha value is -1.20. The molecule has 1 saturated heterocycles. The van der Waals surface area contributed by atoms with Crippen molar-refractivity contribution in [3.8, 4) is 0 Å². The third kappa shape index (κ3) is 4.14. The van der Waals surface area contributed by atoms with E-state index in [-0.39, 0.29) is 0 Å². The minimum absolute atomic E-state index is 0.385. The topological polar surface area (TPSA) is 52.6 Å². The highest BCUT2D eigenvalue weighted by molar-refractivity contribution is 7.98. The largest absolute Gasteiger partial charge is 0.478 e. The van der Waals surface area contributed by atoms with Crippen LogP contribution in [0.25, 0.3) is 0 Å². The fourth-order valence-electron chi connectivity index (χ4n) is 2.82. The molecule has 1 aromatic rings. The summed E-state index contributed by atoms with van der Waals surface area (Å²) in [7, 11) is 0. The minimum Gasteiger partial charge on any atom is -0.478 e. The van der Waals surface area contributed by atoms with E-state index in [1.54, 1.807) is 0 Å². The zero-order valence-corrected chi connectivity index (χ0v) is 13.6. The number of carboxylic acid groups (broad SMARTS) is 1. The Morgan fingerprint density at radius 2 is 2.10 bits per heavy atom. The molecule has 0 amide bonds. The van der Waals surface area contributed by atoms with Crippen molar-refractivity contribution in [2.24, 2.45) is 0 Å². The van der Waals surface area contributed by atoms with Gasteiger partial charge in [0.2, 0.25) is 0 Å². The number of hydrogen-bond donors (Lipinski definition) is 2. The van der Waals surface area contributed by atoms with Crippen molar-refractivity contribution in [1.29, 1.82) is 0 Å². The number of anilines is 1. The van der Waals surface area contributed by atoms with E-state index in [1.807, 2.05) is 24.5 Å². The lowest BCUT2D eigenvalue weighted by molar-refractivity contribution is 0.0694. The van der Waals surface area contributed by atoms with Crippen LogP contribution in [0.1, 0.15) is 36.5 Å². The van der Waals surface area contributed by atoms with Crippen LogP contribution in [0.3, 0.4) is 0 Å². The van der Waals surface area contributed by atoms with Gasteiger partial charge < -0.3 is 10.4 Å². The molecule has 1 unspecified atom stereocenters. The molecule has 0 bridgehead atoms. The van der Waals surface area contributed by atoms with Gasteiger partial charge >= 0.3 is 5.97 Å². The summed E-state index contributed by atoms with van der Waals surface area (Å²) >= 11 is 1.47. The van der Waals surface area contributed by atoms with Crippen LogP contribution >= 0.6 is 11.8 Å². The lowest BCUT2D eigenvalue weighted by atomic mass is 10.1. The van der Waals surface area contributed by atoms with Crippen LogP contribution in [-0.4, -0.2) is 47.9 Å². The Morgan fingerprint density at radius 1 is 1.38 bits per heavy atom. The Bertz CT molecular complexity index is 487. The molecule has 4 nitrogen and oxygen atoms in total. The summed E-state index contributed by atoms with van der Waals surface area (Å²) in [4.78, 5) is 14.8. The van der Waals surface area contributed by atoms with Crippen LogP contribution in [0.5, 0.6) is 0 Å². The molecule has 0 spiro atoms. The van der Waals surface area contributed by atoms with E-state index < -0.39 is 5.97 Å². The predicted molar refractivity (Wildman–Crippen MR) is 88.6 cm³/mol. The van der Waals surface area contributed by atoms with E-state index in [1.165, 1.54) is 31.0 Å². The molecule has 0 aromatic heterocycles. The molecular weight excluding hydrogens is 284 g/mol. The number of likely N-dealkylation sites (tertiary alicyclic amines) is 1. The van der Waals surface area contributed by atoms with Crippen molar-refractivity contribution in [2.75, 3.05) is 31.2 Å². The fourth-order valence-corrected chi connectivity index (χ4v) is 3.43. The van der Waals surface area contributed by atoms with Crippen molar-refractivity contribution in [3.63, 3.8) is 0 Å². The highest BCUT2D eigenvalue weighted by atomic mass is 32.2. The van der Waals surface area contributed by atoms with Gasteiger partial charge in [-0.15, -0.1) is 11.8 Å². The van der Waals surface area contributed by atoms with Crippen LogP contribution in [0.4, 0.5) is 5.69 Å². The molecule has 0 radical (unpaired) electrons. The van der Waals surface area contributed by atoms with Crippen molar-refractivity contribution in [2.45, 2.75) is 37.1 Å². The summed E-state index contributed by atoms with van der Waals surface area (Å²) in [6, 6.07) is 6.04. The molecule has 1 aliphatic rings. The molecule has 1 atom stereocenters. The van der Waals surface area contributed by atoms with Gasteiger partial charge in [-0.25, -0.2) is 4.79 Å². The highest BCUT2D eigenvalue weighted by Crippen LogP contribution is 2.27. The Labute approximate surface area is 130 Å². The summed E-state index contributed by atoms with van der Waals surface area (Å²) in [5.74, 6) is -0.868. The van der Waals surface area contributed by atoms with Crippen LogP contribution in [-0.2, 0) is 0 Å². The molecule has 0 aliphatic carbocycles. The van der Waals surface area contributed by atoms with E-state index in [9.17, 15) is 9.90 Å². The highest BCUT2D eigenvalue weighted by Gasteiger charge is 2.18. The molecule has 5 heteroatoms. The maximum atomic E-state index is 11.5. The van der Waals surface area contributed by atoms with Gasteiger partial charge in [0.1, 0.15) is 0 Å². The third-order valence-electron chi connectivity index (χ3n) is 4.06. The van der Waals surface area contributed by atoms with Crippen LogP contribution < -0.4 is 5.32 Å². The first kappa shape index (κ1) is 16.2. The SMILES string of the molecule is CSc1cccc(NCC(C)N2CCCCC2)c1C(=O)O. The fraction of sp³-hybridized carbons (Fsp3) is 0.562. The average Bonchev–Trinajstić information content (AvgIpc) is 2.52. The predicted octanol–water partition coefficient (Wildman–Crippen LogP) is 3.39. The number of nitrogens with zero attached hydrogens (tertiary/aromatic N) is 1. The van der Waals surface area contributed by atoms with E-state index in [2.05, 4.69) is 17.1 Å². The number of rotatable bonds is 6. The molecule has 1 heterocycles. The second kappa shape index (κ2) is 7.71. The molecular formula is C16H24N2O2S. The van der Waals surface area contributed by atoms with Gasteiger partial charge in [0.25, 0.3) is 0 Å². The number of carboxylic acids is 1. The molecule has 2 N–H and O–H groups in total. The first-order valence-electron chi connectivity index (χ1n) is 7.51. The summed E-state index contributed by atoms with van der Waals surface area (Å²) in [6.07, 6.45) is 5.77. The summed E-state index contributed by atoms with van der Waals surface area (Å²) in [5, 5.41) is 12.8. The Balaban J connectivity index is 2.03. The smallest absolute Gasteiger partial charge is 0.338 e. The lowest BCUT2D eigenvalue weighted by Crippen LogP contribution is -2.41. The van der Waals surface area contributed by atoms with Crippen molar-refractivity contribution in [3.05, 3.63) is 23.8 Å². The number of aromatic carboxylic acids is 1. The van der Waals surface area contributed by atoms with Gasteiger partial charge in [-0.3, -0.25) is 4.90 Å². The standard InChI is InChI=1S/C16H24N2O2S/c1-12(18-9-4-3-5-10-18)11-17-13-7-6-8-14(21-2)15(13)16(19)20/h6-8,12,17H,3-5,9-11H2,1-2H3,(H,19,20). The van der Waals surface area contributed by atoms with Gasteiger partial charge in [-0.1, -0.05) is 12.5 Å². The van der Waals surface area contributed by atoms with Gasteiger partial charge in [-0.05, 0) is 51.2 Å². The molecule has 1 aromatic carbocycles. The number of thioether (sulfide) groups is 1. The Morgan fingerprint density at radius 3 is 2.71 bits per heavy atom. The van der Waals surface area contributed by atoms with E-state index >= 15 is 0 Å².